The number of anilines is 1. The third kappa shape index (κ3) is 4.64. The number of hydrazine groups is 1. The van der Waals surface area contributed by atoms with Gasteiger partial charge in [-0.1, -0.05) is 24.3 Å². The van der Waals surface area contributed by atoms with Crippen LogP contribution in [0.15, 0.2) is 60.7 Å². The summed E-state index contributed by atoms with van der Waals surface area (Å²) in [6.07, 6.45) is 2.71. The minimum Gasteiger partial charge on any atom is -0.493 e. The molecule has 1 aliphatic heterocycles. The number of allylic oxidation sites excluding steroid dienone is 1. The van der Waals surface area contributed by atoms with Gasteiger partial charge in [-0.2, -0.15) is 0 Å². The highest BCUT2D eigenvalue weighted by Gasteiger charge is 2.34. The molecule has 1 N–H and O–H groups in total. The van der Waals surface area contributed by atoms with Crippen molar-refractivity contribution in [2.45, 2.75) is 19.4 Å². The summed E-state index contributed by atoms with van der Waals surface area (Å²) in [4.78, 5) is 37.1. The Morgan fingerprint density at radius 1 is 1.19 bits per heavy atom. The Kier molecular flexibility index (Phi) is 6.94. The molecule has 0 radical (unpaired) electrons. The van der Waals surface area contributed by atoms with Crippen molar-refractivity contribution in [3.05, 3.63) is 71.8 Å². The molecule has 0 aromatic heterocycles. The molecule has 1 heterocycles. The van der Waals surface area contributed by atoms with Crippen molar-refractivity contribution >= 4 is 29.5 Å². The Balaban J connectivity index is 1.99. The van der Waals surface area contributed by atoms with Gasteiger partial charge in [-0.15, -0.1) is 6.58 Å². The van der Waals surface area contributed by atoms with E-state index in [1.54, 1.807) is 49.4 Å². The normalized spacial score (nSPS) is 15.3. The third-order valence-electron chi connectivity index (χ3n) is 4.78. The summed E-state index contributed by atoms with van der Waals surface area (Å²) < 4.78 is 16.0. The summed E-state index contributed by atoms with van der Waals surface area (Å²) in [5.41, 5.74) is 4.34. The van der Waals surface area contributed by atoms with Crippen LogP contribution in [0.5, 0.6) is 11.5 Å². The molecule has 1 aliphatic rings. The zero-order valence-corrected chi connectivity index (χ0v) is 18.1. The number of para-hydroxylation sites is 1. The fraction of sp³-hybridized carbons (Fsp3) is 0.208. The Hall–Kier alpha value is -4.07. The highest BCUT2D eigenvalue weighted by molar-refractivity contribution is 6.31. The maximum Gasteiger partial charge on any atom is 0.346 e. The summed E-state index contributed by atoms with van der Waals surface area (Å²) in [7, 11) is 2.74. The lowest BCUT2D eigenvalue weighted by molar-refractivity contribution is -0.148. The number of methoxy groups -OCH3 is 2. The van der Waals surface area contributed by atoms with Crippen LogP contribution in [-0.2, 0) is 25.5 Å². The zero-order chi connectivity index (χ0) is 23.3. The van der Waals surface area contributed by atoms with Crippen LogP contribution in [0.2, 0.25) is 0 Å². The van der Waals surface area contributed by atoms with Gasteiger partial charge in [0.1, 0.15) is 5.57 Å². The molecule has 32 heavy (non-hydrogen) atoms. The van der Waals surface area contributed by atoms with Gasteiger partial charge in [0, 0.05) is 5.56 Å². The number of hydrogen-bond donors (Lipinski definition) is 1. The Bertz CT molecular complexity index is 1080. The monoisotopic (exact) mass is 436 g/mol. The van der Waals surface area contributed by atoms with Crippen LogP contribution in [0.25, 0.3) is 6.08 Å². The van der Waals surface area contributed by atoms with Crippen LogP contribution in [0, 0.1) is 0 Å². The molecule has 0 unspecified atom stereocenters. The highest BCUT2D eigenvalue weighted by atomic mass is 16.6. The van der Waals surface area contributed by atoms with Gasteiger partial charge in [0.05, 0.1) is 19.9 Å². The van der Waals surface area contributed by atoms with Gasteiger partial charge in [-0.25, -0.2) is 9.80 Å². The molecule has 8 heteroatoms. The van der Waals surface area contributed by atoms with E-state index in [1.807, 2.05) is 6.07 Å². The molecule has 0 bridgehead atoms. The first-order chi connectivity index (χ1) is 15.4. The highest BCUT2D eigenvalue weighted by Crippen LogP contribution is 2.35. The number of carbonyl (C=O) groups excluding carboxylic acids is 3. The average molecular weight is 436 g/mol. The lowest BCUT2D eigenvalue weighted by Crippen LogP contribution is -2.35. The summed E-state index contributed by atoms with van der Waals surface area (Å²) in [5.74, 6) is -0.803. The van der Waals surface area contributed by atoms with E-state index in [-0.39, 0.29) is 5.57 Å². The van der Waals surface area contributed by atoms with Crippen LogP contribution in [-0.4, -0.2) is 38.1 Å². The second-order valence-electron chi connectivity index (χ2n) is 6.96. The van der Waals surface area contributed by atoms with E-state index in [0.717, 1.165) is 0 Å². The molecule has 0 spiro atoms. The summed E-state index contributed by atoms with van der Waals surface area (Å²) in [5, 5.41) is 1.20. The number of rotatable bonds is 8. The van der Waals surface area contributed by atoms with E-state index >= 15 is 0 Å². The average Bonchev–Trinajstić information content (AvgIpc) is 3.08. The molecule has 1 saturated heterocycles. The third-order valence-corrected chi connectivity index (χ3v) is 4.78. The molecule has 3 rings (SSSR count). The zero-order valence-electron chi connectivity index (χ0n) is 18.1. The first-order valence-corrected chi connectivity index (χ1v) is 9.88. The van der Waals surface area contributed by atoms with Gasteiger partial charge < -0.3 is 14.2 Å². The van der Waals surface area contributed by atoms with Gasteiger partial charge in [-0.3, -0.25) is 15.0 Å². The first-order valence-electron chi connectivity index (χ1n) is 9.88. The van der Waals surface area contributed by atoms with Crippen LogP contribution in [0.4, 0.5) is 5.69 Å². The largest absolute Gasteiger partial charge is 0.493 e. The van der Waals surface area contributed by atoms with Gasteiger partial charge >= 0.3 is 5.97 Å². The minimum absolute atomic E-state index is 0.0166. The van der Waals surface area contributed by atoms with Gasteiger partial charge in [0.25, 0.3) is 11.8 Å². The second kappa shape index (κ2) is 9.82. The fourth-order valence-electron chi connectivity index (χ4n) is 3.23. The number of ether oxygens (including phenoxy) is 3. The van der Waals surface area contributed by atoms with Gasteiger partial charge in [0.2, 0.25) is 0 Å². The van der Waals surface area contributed by atoms with E-state index in [4.69, 9.17) is 14.2 Å². The number of nitrogens with one attached hydrogen (secondary N) is 1. The Labute approximate surface area is 186 Å². The molecule has 1 fully saturated rings. The summed E-state index contributed by atoms with van der Waals surface area (Å²) in [6, 6.07) is 12.2. The number of benzene rings is 2. The Morgan fingerprint density at radius 2 is 1.91 bits per heavy atom. The molecule has 1 atom stereocenters. The lowest BCUT2D eigenvalue weighted by atomic mass is 10.0. The van der Waals surface area contributed by atoms with E-state index in [0.29, 0.717) is 34.7 Å². The van der Waals surface area contributed by atoms with E-state index in [9.17, 15) is 14.4 Å². The maximum absolute atomic E-state index is 12.9. The standard InChI is InChI=1S/C24H24N2O6/c1-5-9-17-12-16(14-20(30-3)21(17)32-15(2)24(29)31-4)13-19-22(27)25-26(23(19)28)18-10-7-6-8-11-18/h5-8,10-15H,1,9H2,2-4H3,(H,25,27)/b19-13-/t15-/m0/s1. The number of amides is 2. The molecule has 0 aliphatic carbocycles. The molecule has 166 valence electrons. The summed E-state index contributed by atoms with van der Waals surface area (Å²) in [6.45, 7) is 5.32. The number of carbonyl (C=O) groups is 3. The molecule has 2 aromatic carbocycles. The minimum atomic E-state index is -0.858. The van der Waals surface area contributed by atoms with Crippen LogP contribution in [0.1, 0.15) is 18.1 Å². The van der Waals surface area contributed by atoms with E-state index < -0.39 is 23.9 Å². The predicted octanol–water partition coefficient (Wildman–Crippen LogP) is 2.83. The lowest BCUT2D eigenvalue weighted by Gasteiger charge is -2.19. The predicted molar refractivity (Wildman–Crippen MR) is 119 cm³/mol. The first kappa shape index (κ1) is 22.6. The summed E-state index contributed by atoms with van der Waals surface area (Å²) >= 11 is 0. The molecule has 2 amide bonds. The Morgan fingerprint density at radius 3 is 2.53 bits per heavy atom. The molecular formula is C24H24N2O6. The van der Waals surface area contributed by atoms with E-state index in [1.165, 1.54) is 25.3 Å². The smallest absolute Gasteiger partial charge is 0.346 e. The topological polar surface area (TPSA) is 94.2 Å². The van der Waals surface area contributed by atoms with Crippen molar-refractivity contribution < 1.29 is 28.6 Å². The van der Waals surface area contributed by atoms with Crippen molar-refractivity contribution in [1.82, 2.24) is 5.43 Å². The molecule has 8 nitrogen and oxygen atoms in total. The van der Waals surface area contributed by atoms with Gasteiger partial charge in [0.15, 0.2) is 17.6 Å². The second-order valence-corrected chi connectivity index (χ2v) is 6.96. The molecular weight excluding hydrogens is 412 g/mol. The number of hydrogen-bond acceptors (Lipinski definition) is 6. The molecule has 0 saturated carbocycles. The van der Waals surface area contributed by atoms with Crippen molar-refractivity contribution in [2.75, 3.05) is 19.2 Å². The number of esters is 1. The fourth-order valence-corrected chi connectivity index (χ4v) is 3.23. The van der Waals surface area contributed by atoms with Crippen molar-refractivity contribution in [1.29, 1.82) is 0 Å². The number of nitrogens with zero attached hydrogens (tertiary/aromatic N) is 1. The van der Waals surface area contributed by atoms with E-state index in [2.05, 4.69) is 12.0 Å². The quantitative estimate of drug-likeness (QED) is 0.296. The van der Waals surface area contributed by atoms with Crippen molar-refractivity contribution in [3.63, 3.8) is 0 Å². The van der Waals surface area contributed by atoms with Crippen LogP contribution in [0.3, 0.4) is 0 Å². The van der Waals surface area contributed by atoms with Crippen molar-refractivity contribution in [2.24, 2.45) is 0 Å². The van der Waals surface area contributed by atoms with Gasteiger partial charge in [-0.05, 0) is 49.2 Å². The molecule has 2 aromatic rings. The maximum atomic E-state index is 12.9. The SMILES string of the molecule is C=CCc1cc(/C=C2/C(=O)NN(c3ccccc3)C2=O)cc(OC)c1O[C@@H](C)C(=O)OC. The van der Waals surface area contributed by atoms with Crippen LogP contribution >= 0.6 is 0 Å². The van der Waals surface area contributed by atoms with Crippen molar-refractivity contribution in [3.8, 4) is 11.5 Å². The van der Waals surface area contributed by atoms with Crippen LogP contribution < -0.4 is 19.9 Å².